The first-order chi connectivity index (χ1) is 11.1. The number of aromatic nitrogens is 1. The third-order valence-electron chi connectivity index (χ3n) is 4.62. The second kappa shape index (κ2) is 7.26. The van der Waals surface area contributed by atoms with E-state index in [9.17, 15) is 4.79 Å². The minimum atomic E-state index is 0.102. The predicted octanol–water partition coefficient (Wildman–Crippen LogP) is 4.36. The molecule has 122 valence electrons. The second-order valence-electron chi connectivity index (χ2n) is 6.63. The minimum absolute atomic E-state index is 0.102. The molecule has 1 saturated carbocycles. The van der Waals surface area contributed by atoms with Gasteiger partial charge in [-0.3, -0.25) is 4.79 Å². The van der Waals surface area contributed by atoms with E-state index in [1.54, 1.807) is 11.3 Å². The molecule has 3 rings (SSSR count). The molecule has 1 N–H and O–H groups in total. The van der Waals surface area contributed by atoms with Gasteiger partial charge in [-0.25, -0.2) is 4.98 Å². The number of amides is 1. The van der Waals surface area contributed by atoms with Gasteiger partial charge in [0.05, 0.1) is 12.1 Å². The van der Waals surface area contributed by atoms with Gasteiger partial charge < -0.3 is 5.32 Å². The molecule has 1 amide bonds. The molecule has 0 aliphatic heterocycles. The Balaban J connectivity index is 1.61. The highest BCUT2D eigenvalue weighted by Gasteiger charge is 2.23. The monoisotopic (exact) mass is 328 g/mol. The van der Waals surface area contributed by atoms with Crippen LogP contribution in [0.5, 0.6) is 0 Å². The summed E-state index contributed by atoms with van der Waals surface area (Å²) in [6.07, 6.45) is 5.23. The van der Waals surface area contributed by atoms with Crippen molar-refractivity contribution in [1.29, 1.82) is 0 Å². The lowest BCUT2D eigenvalue weighted by Gasteiger charge is -2.29. The Labute approximate surface area is 142 Å². The molecule has 0 saturated heterocycles. The van der Waals surface area contributed by atoms with E-state index in [0.29, 0.717) is 18.4 Å². The highest BCUT2D eigenvalue weighted by molar-refractivity contribution is 7.13. The van der Waals surface area contributed by atoms with Gasteiger partial charge in [-0.15, -0.1) is 11.3 Å². The van der Waals surface area contributed by atoms with Crippen molar-refractivity contribution in [2.45, 2.75) is 52.0 Å². The molecule has 1 aromatic heterocycles. The fourth-order valence-electron chi connectivity index (χ4n) is 3.25. The summed E-state index contributed by atoms with van der Waals surface area (Å²) in [7, 11) is 0. The van der Waals surface area contributed by atoms with E-state index < -0.39 is 0 Å². The molecule has 0 spiro atoms. The maximum Gasteiger partial charge on any atom is 0.226 e. The van der Waals surface area contributed by atoms with Gasteiger partial charge in [0.1, 0.15) is 5.01 Å². The number of hydrogen-bond donors (Lipinski definition) is 1. The standard InChI is InChI=1S/C19H24N2OS/c1-13-6-5-8-15(10-13)19-20-16(12-23-19)11-18(22)21-17-9-4-3-7-14(17)2/h5-6,8,10,12,14,17H,3-4,7,9,11H2,1-2H3,(H,21,22). The Morgan fingerprint density at radius 2 is 2.17 bits per heavy atom. The summed E-state index contributed by atoms with van der Waals surface area (Å²) >= 11 is 1.61. The summed E-state index contributed by atoms with van der Waals surface area (Å²) in [5.74, 6) is 0.691. The van der Waals surface area contributed by atoms with Crippen LogP contribution >= 0.6 is 11.3 Å². The molecule has 1 heterocycles. The van der Waals surface area contributed by atoms with E-state index in [4.69, 9.17) is 0 Å². The Bertz CT molecular complexity index is 680. The summed E-state index contributed by atoms with van der Waals surface area (Å²) < 4.78 is 0. The summed E-state index contributed by atoms with van der Waals surface area (Å²) in [6.45, 7) is 4.32. The normalized spacial score (nSPS) is 21.1. The fourth-order valence-corrected chi connectivity index (χ4v) is 4.07. The van der Waals surface area contributed by atoms with Crippen LogP contribution in [-0.4, -0.2) is 16.9 Å². The zero-order valence-corrected chi connectivity index (χ0v) is 14.7. The zero-order valence-electron chi connectivity index (χ0n) is 13.8. The highest BCUT2D eigenvalue weighted by atomic mass is 32.1. The van der Waals surface area contributed by atoms with Crippen LogP contribution in [-0.2, 0) is 11.2 Å². The molecule has 0 bridgehead atoms. The molecule has 0 radical (unpaired) electrons. The Morgan fingerprint density at radius 1 is 1.35 bits per heavy atom. The minimum Gasteiger partial charge on any atom is -0.353 e. The van der Waals surface area contributed by atoms with E-state index >= 15 is 0 Å². The smallest absolute Gasteiger partial charge is 0.226 e. The summed E-state index contributed by atoms with van der Waals surface area (Å²) in [5, 5.41) is 6.19. The van der Waals surface area contributed by atoms with Crippen LogP contribution in [0.1, 0.15) is 43.9 Å². The van der Waals surface area contributed by atoms with Crippen molar-refractivity contribution >= 4 is 17.2 Å². The number of nitrogens with one attached hydrogen (secondary N) is 1. The molecule has 1 aliphatic rings. The number of benzene rings is 1. The summed E-state index contributed by atoms with van der Waals surface area (Å²) in [6, 6.07) is 8.66. The molecule has 1 fully saturated rings. The molecule has 23 heavy (non-hydrogen) atoms. The first-order valence-corrected chi connectivity index (χ1v) is 9.30. The molecule has 2 aromatic rings. The van der Waals surface area contributed by atoms with Crippen LogP contribution in [0, 0.1) is 12.8 Å². The van der Waals surface area contributed by atoms with Gasteiger partial charge in [0.2, 0.25) is 5.91 Å². The third kappa shape index (κ3) is 4.20. The Kier molecular flexibility index (Phi) is 5.11. The van der Waals surface area contributed by atoms with E-state index in [1.165, 1.54) is 24.8 Å². The first-order valence-electron chi connectivity index (χ1n) is 8.42. The third-order valence-corrected chi connectivity index (χ3v) is 5.56. The van der Waals surface area contributed by atoms with Crippen LogP contribution in [0.15, 0.2) is 29.6 Å². The van der Waals surface area contributed by atoms with Gasteiger partial charge >= 0.3 is 0 Å². The molecule has 4 heteroatoms. The molecular formula is C19H24N2OS. The number of rotatable bonds is 4. The number of hydrogen-bond acceptors (Lipinski definition) is 3. The molecule has 3 nitrogen and oxygen atoms in total. The maximum atomic E-state index is 12.3. The van der Waals surface area contributed by atoms with Crippen molar-refractivity contribution in [3.63, 3.8) is 0 Å². The SMILES string of the molecule is Cc1cccc(-c2nc(CC(=O)NC3CCCCC3C)cs2)c1. The molecular weight excluding hydrogens is 304 g/mol. The van der Waals surface area contributed by atoms with Crippen molar-refractivity contribution in [1.82, 2.24) is 10.3 Å². The summed E-state index contributed by atoms with van der Waals surface area (Å²) in [4.78, 5) is 16.9. The first kappa shape index (κ1) is 16.2. The average molecular weight is 328 g/mol. The number of carbonyl (C=O) groups is 1. The van der Waals surface area contributed by atoms with E-state index in [1.807, 2.05) is 11.4 Å². The lowest BCUT2D eigenvalue weighted by molar-refractivity contribution is -0.121. The van der Waals surface area contributed by atoms with Crippen LogP contribution in [0.25, 0.3) is 10.6 Å². The van der Waals surface area contributed by atoms with Crippen LogP contribution in [0.4, 0.5) is 0 Å². The maximum absolute atomic E-state index is 12.3. The van der Waals surface area contributed by atoms with Gasteiger partial charge in [-0.2, -0.15) is 0 Å². The van der Waals surface area contributed by atoms with Gasteiger partial charge in [0.15, 0.2) is 0 Å². The van der Waals surface area contributed by atoms with Crippen molar-refractivity contribution < 1.29 is 4.79 Å². The number of carbonyl (C=O) groups excluding carboxylic acids is 1. The quantitative estimate of drug-likeness (QED) is 0.906. The zero-order chi connectivity index (χ0) is 16.2. The van der Waals surface area contributed by atoms with Crippen molar-refractivity contribution in [2.75, 3.05) is 0 Å². The van der Waals surface area contributed by atoms with Crippen molar-refractivity contribution in [3.05, 3.63) is 40.9 Å². The van der Waals surface area contributed by atoms with Gasteiger partial charge in [0, 0.05) is 17.0 Å². The van der Waals surface area contributed by atoms with E-state index in [2.05, 4.69) is 42.3 Å². The van der Waals surface area contributed by atoms with Crippen LogP contribution in [0.3, 0.4) is 0 Å². The van der Waals surface area contributed by atoms with Gasteiger partial charge in [0.25, 0.3) is 0 Å². The Morgan fingerprint density at radius 3 is 2.96 bits per heavy atom. The predicted molar refractivity (Wildman–Crippen MR) is 95.6 cm³/mol. The molecule has 1 aliphatic carbocycles. The van der Waals surface area contributed by atoms with E-state index in [-0.39, 0.29) is 5.91 Å². The molecule has 2 atom stereocenters. The number of nitrogens with zero attached hydrogens (tertiary/aromatic N) is 1. The van der Waals surface area contributed by atoms with Crippen molar-refractivity contribution in [2.24, 2.45) is 5.92 Å². The van der Waals surface area contributed by atoms with Crippen LogP contribution in [0.2, 0.25) is 0 Å². The fraction of sp³-hybridized carbons (Fsp3) is 0.474. The van der Waals surface area contributed by atoms with Gasteiger partial charge in [-0.1, -0.05) is 43.5 Å². The van der Waals surface area contributed by atoms with Crippen LogP contribution < -0.4 is 5.32 Å². The van der Waals surface area contributed by atoms with Gasteiger partial charge in [-0.05, 0) is 31.7 Å². The Hall–Kier alpha value is -1.68. The summed E-state index contributed by atoms with van der Waals surface area (Å²) in [5.41, 5.74) is 3.22. The highest BCUT2D eigenvalue weighted by Crippen LogP contribution is 2.25. The number of aryl methyl sites for hydroxylation is 1. The molecule has 2 unspecified atom stereocenters. The van der Waals surface area contributed by atoms with E-state index in [0.717, 1.165) is 22.7 Å². The lowest BCUT2D eigenvalue weighted by Crippen LogP contribution is -2.41. The topological polar surface area (TPSA) is 42.0 Å². The van der Waals surface area contributed by atoms with Crippen molar-refractivity contribution in [3.8, 4) is 10.6 Å². The number of thiazole rings is 1. The average Bonchev–Trinajstić information content (AvgIpc) is 2.98. The largest absolute Gasteiger partial charge is 0.353 e. The lowest BCUT2D eigenvalue weighted by atomic mass is 9.86. The second-order valence-corrected chi connectivity index (χ2v) is 7.48. The molecule has 1 aromatic carbocycles.